The van der Waals surface area contributed by atoms with Crippen LogP contribution >= 0.6 is 0 Å². The Bertz CT molecular complexity index is 650. The summed E-state index contributed by atoms with van der Waals surface area (Å²) in [5, 5.41) is 3.00. The molecule has 0 aliphatic rings. The van der Waals surface area contributed by atoms with Crippen molar-refractivity contribution in [3.05, 3.63) is 53.7 Å². The predicted molar refractivity (Wildman–Crippen MR) is 94.5 cm³/mol. The van der Waals surface area contributed by atoms with Crippen LogP contribution in [0.25, 0.3) is 11.3 Å². The van der Waals surface area contributed by atoms with Crippen LogP contribution in [0.2, 0.25) is 0 Å². The molecule has 0 aliphatic heterocycles. The van der Waals surface area contributed by atoms with Gasteiger partial charge in [-0.05, 0) is 57.3 Å². The quantitative estimate of drug-likeness (QED) is 0.891. The molecule has 0 saturated heterocycles. The van der Waals surface area contributed by atoms with Crippen LogP contribution in [-0.4, -0.2) is 42.5 Å². The third-order valence-electron chi connectivity index (χ3n) is 4.06. The number of hydrogen-bond donors (Lipinski definition) is 1. The number of nitrogens with zero attached hydrogens (tertiary/aromatic N) is 2. The molecule has 1 amide bonds. The van der Waals surface area contributed by atoms with E-state index in [-0.39, 0.29) is 5.91 Å². The number of hydrogen-bond acceptors (Lipinski definition) is 3. The molecule has 2 aromatic rings. The number of pyridine rings is 1. The summed E-state index contributed by atoms with van der Waals surface area (Å²) >= 11 is 0. The molecule has 23 heavy (non-hydrogen) atoms. The Kier molecular flexibility index (Phi) is 5.88. The minimum Gasteiger partial charge on any atom is -0.350 e. The maximum Gasteiger partial charge on any atom is 0.251 e. The highest BCUT2D eigenvalue weighted by molar-refractivity contribution is 5.94. The topological polar surface area (TPSA) is 45.2 Å². The summed E-state index contributed by atoms with van der Waals surface area (Å²) in [4.78, 5) is 18.7. The van der Waals surface area contributed by atoms with Crippen LogP contribution in [0.3, 0.4) is 0 Å². The van der Waals surface area contributed by atoms with Crippen LogP contribution in [0.1, 0.15) is 29.3 Å². The molecule has 0 unspecified atom stereocenters. The molecule has 0 radical (unpaired) electrons. The zero-order chi connectivity index (χ0) is 16.8. The highest BCUT2D eigenvalue weighted by Crippen LogP contribution is 2.18. The van der Waals surface area contributed by atoms with Gasteiger partial charge in [0.05, 0.1) is 5.69 Å². The Balaban J connectivity index is 2.03. The Morgan fingerprint density at radius 3 is 2.48 bits per heavy atom. The Labute approximate surface area is 138 Å². The third-order valence-corrected chi connectivity index (χ3v) is 4.06. The predicted octanol–water partition coefficient (Wildman–Crippen LogP) is 3.13. The lowest BCUT2D eigenvalue weighted by Crippen LogP contribution is -2.39. The van der Waals surface area contributed by atoms with Gasteiger partial charge in [-0.2, -0.15) is 0 Å². The first-order valence-electron chi connectivity index (χ1n) is 7.99. The second-order valence-electron chi connectivity index (χ2n) is 6.03. The molecule has 4 heteroatoms. The van der Waals surface area contributed by atoms with E-state index in [1.54, 1.807) is 6.20 Å². The molecule has 0 spiro atoms. The van der Waals surface area contributed by atoms with E-state index >= 15 is 0 Å². The number of amides is 1. The summed E-state index contributed by atoms with van der Waals surface area (Å²) in [6.45, 7) is 4.83. The fraction of sp³-hybridized carbons (Fsp3) is 0.368. The maximum absolute atomic E-state index is 12.2. The van der Waals surface area contributed by atoms with Crippen molar-refractivity contribution in [2.45, 2.75) is 26.3 Å². The fourth-order valence-corrected chi connectivity index (χ4v) is 2.49. The van der Waals surface area contributed by atoms with Gasteiger partial charge in [-0.1, -0.05) is 19.1 Å². The Morgan fingerprint density at radius 1 is 1.22 bits per heavy atom. The van der Waals surface area contributed by atoms with Gasteiger partial charge in [0.15, 0.2) is 0 Å². The molecule has 122 valence electrons. The van der Waals surface area contributed by atoms with Crippen LogP contribution < -0.4 is 5.32 Å². The highest BCUT2D eigenvalue weighted by atomic mass is 16.1. The van der Waals surface area contributed by atoms with E-state index < -0.39 is 0 Å². The van der Waals surface area contributed by atoms with Crippen LogP contribution in [0, 0.1) is 6.92 Å². The molecule has 0 saturated carbocycles. The van der Waals surface area contributed by atoms with Gasteiger partial charge >= 0.3 is 0 Å². The molecule has 1 aromatic heterocycles. The number of carbonyl (C=O) groups is 1. The molecule has 4 nitrogen and oxygen atoms in total. The Hall–Kier alpha value is -2.20. The molecule has 0 bridgehead atoms. The first-order valence-corrected chi connectivity index (χ1v) is 7.99. The summed E-state index contributed by atoms with van der Waals surface area (Å²) in [7, 11) is 4.06. The van der Waals surface area contributed by atoms with E-state index in [4.69, 9.17) is 0 Å². The second kappa shape index (κ2) is 7.88. The summed E-state index contributed by atoms with van der Waals surface area (Å²) < 4.78 is 0. The summed E-state index contributed by atoms with van der Waals surface area (Å²) in [6.07, 6.45) is 2.81. The van der Waals surface area contributed by atoms with Crippen molar-refractivity contribution < 1.29 is 4.79 Å². The average molecular weight is 311 g/mol. The van der Waals surface area contributed by atoms with Crippen molar-refractivity contribution in [1.29, 1.82) is 0 Å². The summed E-state index contributed by atoms with van der Waals surface area (Å²) in [6, 6.07) is 12.0. The van der Waals surface area contributed by atoms with Gasteiger partial charge in [-0.3, -0.25) is 9.78 Å². The van der Waals surface area contributed by atoms with Gasteiger partial charge in [0.1, 0.15) is 0 Å². The minimum absolute atomic E-state index is 0.0333. The highest BCUT2D eigenvalue weighted by Gasteiger charge is 2.12. The van der Waals surface area contributed by atoms with E-state index in [1.165, 1.54) is 5.56 Å². The van der Waals surface area contributed by atoms with Gasteiger partial charge in [0.25, 0.3) is 5.91 Å². The van der Waals surface area contributed by atoms with Crippen molar-refractivity contribution in [2.24, 2.45) is 0 Å². The monoisotopic (exact) mass is 311 g/mol. The van der Waals surface area contributed by atoms with Crippen molar-refractivity contribution in [2.75, 3.05) is 20.6 Å². The van der Waals surface area contributed by atoms with Crippen LogP contribution in [0.15, 0.2) is 42.6 Å². The van der Waals surface area contributed by atoms with Crippen LogP contribution in [0.5, 0.6) is 0 Å². The fourth-order valence-electron chi connectivity index (χ4n) is 2.49. The number of benzene rings is 1. The zero-order valence-electron chi connectivity index (χ0n) is 14.3. The van der Waals surface area contributed by atoms with Gasteiger partial charge in [-0.25, -0.2) is 0 Å². The minimum atomic E-state index is -0.0333. The molecule has 0 aliphatic carbocycles. The standard InChI is InChI=1S/C19H25N3O/c1-5-17(22(3)4)13-21-19(23)16-8-6-15(7-9-16)18-12-14(2)10-11-20-18/h6-12,17H,5,13H2,1-4H3,(H,21,23)/t17-/m0/s1. The molecule has 1 atom stereocenters. The van der Waals surface area contributed by atoms with E-state index in [9.17, 15) is 4.79 Å². The Morgan fingerprint density at radius 2 is 1.91 bits per heavy atom. The third kappa shape index (κ3) is 4.63. The molecule has 0 fully saturated rings. The number of carbonyl (C=O) groups excluding carboxylic acids is 1. The first kappa shape index (κ1) is 17.2. The smallest absolute Gasteiger partial charge is 0.251 e. The lowest BCUT2D eigenvalue weighted by Gasteiger charge is -2.23. The van der Waals surface area contributed by atoms with Gasteiger partial charge in [-0.15, -0.1) is 0 Å². The van der Waals surface area contributed by atoms with Crippen LogP contribution in [0.4, 0.5) is 0 Å². The number of aromatic nitrogens is 1. The molecule has 1 aromatic carbocycles. The van der Waals surface area contributed by atoms with Gasteiger partial charge < -0.3 is 10.2 Å². The first-order chi connectivity index (χ1) is 11.0. The maximum atomic E-state index is 12.2. The largest absolute Gasteiger partial charge is 0.350 e. The van der Waals surface area contributed by atoms with Crippen LogP contribution in [-0.2, 0) is 0 Å². The van der Waals surface area contributed by atoms with Gasteiger partial charge in [0.2, 0.25) is 0 Å². The number of rotatable bonds is 6. The van der Waals surface area contributed by atoms with E-state index in [1.807, 2.05) is 57.4 Å². The number of likely N-dealkylation sites (N-methyl/N-ethyl adjacent to an activating group) is 1. The van der Waals surface area contributed by atoms with Crippen molar-refractivity contribution in [3.63, 3.8) is 0 Å². The molecular weight excluding hydrogens is 286 g/mol. The lowest BCUT2D eigenvalue weighted by atomic mass is 10.1. The lowest BCUT2D eigenvalue weighted by molar-refractivity contribution is 0.0941. The van der Waals surface area contributed by atoms with Crippen molar-refractivity contribution in [3.8, 4) is 11.3 Å². The van der Waals surface area contributed by atoms with E-state index in [0.717, 1.165) is 17.7 Å². The molecule has 1 N–H and O–H groups in total. The normalized spacial score (nSPS) is 12.2. The summed E-state index contributed by atoms with van der Waals surface area (Å²) in [5.74, 6) is -0.0333. The molecule has 2 rings (SSSR count). The zero-order valence-corrected chi connectivity index (χ0v) is 14.3. The summed E-state index contributed by atoms with van der Waals surface area (Å²) in [5.41, 5.74) is 3.79. The van der Waals surface area contributed by atoms with E-state index in [0.29, 0.717) is 18.2 Å². The molecule has 1 heterocycles. The van der Waals surface area contributed by atoms with Crippen molar-refractivity contribution >= 4 is 5.91 Å². The SMILES string of the molecule is CC[C@@H](CNC(=O)c1ccc(-c2cc(C)ccn2)cc1)N(C)C. The average Bonchev–Trinajstić information content (AvgIpc) is 2.55. The molecular formula is C19H25N3O. The number of aryl methyl sites for hydroxylation is 1. The van der Waals surface area contributed by atoms with E-state index in [2.05, 4.69) is 22.1 Å². The van der Waals surface area contributed by atoms with Crippen molar-refractivity contribution in [1.82, 2.24) is 15.2 Å². The van der Waals surface area contributed by atoms with Gasteiger partial charge in [0, 0.05) is 29.9 Å². The second-order valence-corrected chi connectivity index (χ2v) is 6.03. The number of nitrogens with one attached hydrogen (secondary N) is 1.